The SMILES string of the molecule is C=Nc1cc(C[C@H]2C(=O)[N+]([O-])(CNC(=C)c3ccc(F)c(F)c3)[C@@H]2C(=O)O)ccn1. The molecule has 3 rings (SSSR count). The number of aliphatic carboxylic acids is 1. The lowest BCUT2D eigenvalue weighted by molar-refractivity contribution is -0.861. The van der Waals surface area contributed by atoms with Crippen molar-refractivity contribution in [2.75, 3.05) is 6.67 Å². The Labute approximate surface area is 170 Å². The second kappa shape index (κ2) is 8.09. The lowest BCUT2D eigenvalue weighted by atomic mass is 9.82. The highest BCUT2D eigenvalue weighted by molar-refractivity contribution is 5.90. The van der Waals surface area contributed by atoms with Crippen LogP contribution in [0.3, 0.4) is 0 Å². The van der Waals surface area contributed by atoms with Crippen LogP contribution in [-0.2, 0) is 16.0 Å². The van der Waals surface area contributed by atoms with E-state index in [1.54, 1.807) is 12.1 Å². The Hall–Kier alpha value is -3.50. The molecule has 0 aliphatic carbocycles. The second-order valence-electron chi connectivity index (χ2n) is 6.85. The van der Waals surface area contributed by atoms with Gasteiger partial charge in [-0.15, -0.1) is 0 Å². The zero-order chi connectivity index (χ0) is 22.1. The summed E-state index contributed by atoms with van der Waals surface area (Å²) in [7, 11) is 0. The van der Waals surface area contributed by atoms with Gasteiger partial charge in [0.25, 0.3) is 0 Å². The number of nitrogens with zero attached hydrogens (tertiary/aromatic N) is 3. The van der Waals surface area contributed by atoms with Crippen LogP contribution in [0.2, 0.25) is 0 Å². The van der Waals surface area contributed by atoms with E-state index in [9.17, 15) is 28.7 Å². The van der Waals surface area contributed by atoms with Gasteiger partial charge in [-0.2, -0.15) is 0 Å². The standard InChI is InChI=1S/C20H18F2N4O4/c1-11(13-3-4-15(21)16(22)9-13)25-10-26(30)18(20(28)29)14(19(26)27)7-12-5-6-24-17(8-12)23-2/h3-6,8-9,14,18,25H,1-2,7,10H2,(H,28,29)/t14-,18+,26?/m1/s1. The fourth-order valence-electron chi connectivity index (χ4n) is 3.41. The third-order valence-corrected chi connectivity index (χ3v) is 5.00. The molecule has 0 radical (unpaired) electrons. The number of hydrogen-bond donors (Lipinski definition) is 2. The molecular formula is C20H18F2N4O4. The van der Waals surface area contributed by atoms with Gasteiger partial charge >= 0.3 is 11.9 Å². The molecule has 1 amide bonds. The molecule has 30 heavy (non-hydrogen) atoms. The van der Waals surface area contributed by atoms with Gasteiger partial charge in [-0.3, -0.25) is 4.65 Å². The molecule has 3 atom stereocenters. The van der Waals surface area contributed by atoms with Crippen LogP contribution in [0.5, 0.6) is 0 Å². The summed E-state index contributed by atoms with van der Waals surface area (Å²) in [6, 6.07) is 4.64. The summed E-state index contributed by atoms with van der Waals surface area (Å²) in [4.78, 5) is 31.9. The number of hydrogen-bond acceptors (Lipinski definition) is 6. The van der Waals surface area contributed by atoms with Gasteiger partial charge in [-0.05, 0) is 49.0 Å². The average molecular weight is 416 g/mol. The number of quaternary nitrogens is 1. The van der Waals surface area contributed by atoms with Crippen LogP contribution in [0.4, 0.5) is 14.6 Å². The zero-order valence-electron chi connectivity index (χ0n) is 15.7. The summed E-state index contributed by atoms with van der Waals surface area (Å²) < 4.78 is 24.8. The van der Waals surface area contributed by atoms with Crippen molar-refractivity contribution < 1.29 is 28.1 Å². The molecule has 2 N–H and O–H groups in total. The van der Waals surface area contributed by atoms with Crippen molar-refractivity contribution in [3.05, 3.63) is 71.1 Å². The van der Waals surface area contributed by atoms with Crippen molar-refractivity contribution >= 4 is 30.1 Å². The molecule has 1 saturated heterocycles. The predicted molar refractivity (Wildman–Crippen MR) is 104 cm³/mol. The van der Waals surface area contributed by atoms with E-state index >= 15 is 0 Å². The van der Waals surface area contributed by atoms with Gasteiger partial charge in [0.05, 0.1) is 0 Å². The first kappa shape index (κ1) is 21.2. The molecule has 1 aromatic heterocycles. The van der Waals surface area contributed by atoms with E-state index in [-0.39, 0.29) is 17.7 Å². The fraction of sp³-hybridized carbons (Fsp3) is 0.200. The van der Waals surface area contributed by atoms with Gasteiger partial charge in [0.2, 0.25) is 6.04 Å². The summed E-state index contributed by atoms with van der Waals surface area (Å²) in [6.45, 7) is 6.37. The number of carboxylic acids is 1. The number of pyridine rings is 1. The number of amides is 1. The molecule has 8 nitrogen and oxygen atoms in total. The Kier molecular flexibility index (Phi) is 5.72. The van der Waals surface area contributed by atoms with Crippen molar-refractivity contribution in [2.45, 2.75) is 12.5 Å². The van der Waals surface area contributed by atoms with E-state index in [0.717, 1.165) is 12.1 Å². The molecule has 0 bridgehead atoms. The highest BCUT2D eigenvalue weighted by Crippen LogP contribution is 2.37. The van der Waals surface area contributed by atoms with Gasteiger partial charge in [0.15, 0.2) is 24.1 Å². The minimum atomic E-state index is -1.64. The largest absolute Gasteiger partial charge is 0.623 e. The monoisotopic (exact) mass is 416 g/mol. The Morgan fingerprint density at radius 1 is 1.30 bits per heavy atom. The number of carbonyl (C=O) groups is 2. The summed E-state index contributed by atoms with van der Waals surface area (Å²) in [5, 5.41) is 25.1. The quantitative estimate of drug-likeness (QED) is 0.296. The Bertz CT molecular complexity index is 1050. The molecule has 0 saturated carbocycles. The number of rotatable bonds is 8. The first-order chi connectivity index (χ1) is 14.2. The van der Waals surface area contributed by atoms with E-state index in [1.165, 1.54) is 12.3 Å². The van der Waals surface area contributed by atoms with E-state index in [1.807, 2.05) is 0 Å². The topological polar surface area (TPSA) is 115 Å². The van der Waals surface area contributed by atoms with Gasteiger partial charge in [-0.25, -0.2) is 28.3 Å². The van der Waals surface area contributed by atoms with E-state index in [2.05, 4.69) is 28.6 Å². The normalized spacial score (nSPS) is 22.8. The number of nitrogens with one attached hydrogen (secondary N) is 1. The third-order valence-electron chi connectivity index (χ3n) is 5.00. The second-order valence-corrected chi connectivity index (χ2v) is 6.85. The van der Waals surface area contributed by atoms with Crippen LogP contribution in [-0.4, -0.2) is 46.0 Å². The molecular weight excluding hydrogens is 398 g/mol. The molecule has 1 aliphatic rings. The van der Waals surface area contributed by atoms with Crippen molar-refractivity contribution in [1.29, 1.82) is 0 Å². The van der Waals surface area contributed by atoms with E-state index in [4.69, 9.17) is 0 Å². The maximum atomic E-state index is 13.4. The number of β-lactam (4-membered cyclic amide) rings is 1. The van der Waals surface area contributed by atoms with Gasteiger partial charge in [0, 0.05) is 17.5 Å². The molecule has 1 aromatic carbocycles. The van der Waals surface area contributed by atoms with Crippen LogP contribution >= 0.6 is 0 Å². The molecule has 1 aliphatic heterocycles. The minimum absolute atomic E-state index is 0.0349. The number of carbonyl (C=O) groups excluding carboxylic acids is 1. The molecule has 1 fully saturated rings. The van der Waals surface area contributed by atoms with Crippen LogP contribution in [0.25, 0.3) is 5.70 Å². The Morgan fingerprint density at radius 2 is 2.03 bits per heavy atom. The number of benzene rings is 1. The molecule has 10 heteroatoms. The first-order valence-corrected chi connectivity index (χ1v) is 8.83. The Balaban J connectivity index is 1.73. The van der Waals surface area contributed by atoms with Gasteiger partial charge in [-0.1, -0.05) is 6.58 Å². The molecule has 0 spiro atoms. The molecule has 1 unspecified atom stereocenters. The Morgan fingerprint density at radius 3 is 2.67 bits per heavy atom. The highest BCUT2D eigenvalue weighted by atomic mass is 19.2. The van der Waals surface area contributed by atoms with Gasteiger partial charge < -0.3 is 15.6 Å². The van der Waals surface area contributed by atoms with Crippen molar-refractivity contribution in [3.8, 4) is 0 Å². The number of carboxylic acid groups (broad SMARTS) is 1. The van der Waals surface area contributed by atoms with Gasteiger partial charge in [0.1, 0.15) is 5.92 Å². The summed E-state index contributed by atoms with van der Waals surface area (Å²) in [6.07, 6.45) is 1.48. The number of aromatic nitrogens is 1. The first-order valence-electron chi connectivity index (χ1n) is 8.83. The molecule has 156 valence electrons. The number of hydroxylamine groups is 3. The maximum absolute atomic E-state index is 13.4. The zero-order valence-corrected chi connectivity index (χ0v) is 15.7. The minimum Gasteiger partial charge on any atom is -0.623 e. The predicted octanol–water partition coefficient (Wildman–Crippen LogP) is 2.38. The van der Waals surface area contributed by atoms with Crippen molar-refractivity contribution in [1.82, 2.24) is 10.3 Å². The number of halogens is 2. The van der Waals surface area contributed by atoms with E-state index < -0.39 is 46.8 Å². The lowest BCUT2D eigenvalue weighted by Crippen LogP contribution is -2.76. The molecule has 2 heterocycles. The number of likely N-dealkylation sites (tertiary alicyclic amines) is 1. The van der Waals surface area contributed by atoms with Crippen LogP contribution < -0.4 is 5.32 Å². The van der Waals surface area contributed by atoms with Crippen molar-refractivity contribution in [3.63, 3.8) is 0 Å². The van der Waals surface area contributed by atoms with Crippen molar-refractivity contribution in [2.24, 2.45) is 10.9 Å². The highest BCUT2D eigenvalue weighted by Gasteiger charge is 2.62. The van der Waals surface area contributed by atoms with E-state index in [0.29, 0.717) is 11.4 Å². The van der Waals surface area contributed by atoms with Crippen LogP contribution in [0.1, 0.15) is 11.1 Å². The fourth-order valence-corrected chi connectivity index (χ4v) is 3.41. The summed E-state index contributed by atoms with van der Waals surface area (Å²) in [5.41, 5.74) is 0.819. The maximum Gasteiger partial charge on any atom is 0.364 e. The summed E-state index contributed by atoms with van der Waals surface area (Å²) in [5.74, 6) is -5.08. The molecule has 2 aromatic rings. The van der Waals surface area contributed by atoms with Crippen LogP contribution in [0, 0.1) is 22.8 Å². The van der Waals surface area contributed by atoms with Crippen LogP contribution in [0.15, 0.2) is 48.1 Å². The number of aliphatic imine (C=N–C) groups is 1. The third kappa shape index (κ3) is 3.82. The lowest BCUT2D eigenvalue weighted by Gasteiger charge is -2.55. The smallest absolute Gasteiger partial charge is 0.364 e. The average Bonchev–Trinajstić information content (AvgIpc) is 2.73. The summed E-state index contributed by atoms with van der Waals surface area (Å²) >= 11 is 0.